The van der Waals surface area contributed by atoms with E-state index in [1.807, 2.05) is 6.92 Å². The summed E-state index contributed by atoms with van der Waals surface area (Å²) < 4.78 is 0. The number of nitrogens with zero attached hydrogens (tertiary/aromatic N) is 1. The van der Waals surface area contributed by atoms with Crippen LogP contribution in [0.4, 0.5) is 0 Å². The Bertz CT molecular complexity index is 280. The summed E-state index contributed by atoms with van der Waals surface area (Å²) in [6.07, 6.45) is 8.27. The molecule has 1 aliphatic carbocycles. The fourth-order valence-electron chi connectivity index (χ4n) is 4.00. The van der Waals surface area contributed by atoms with Crippen molar-refractivity contribution >= 4 is 0 Å². The molecule has 1 aliphatic heterocycles. The monoisotopic (exact) mass is 268 g/mol. The molecule has 0 spiro atoms. The maximum Gasteiger partial charge on any atom is 0.0632 e. The van der Waals surface area contributed by atoms with Crippen LogP contribution >= 0.6 is 0 Å². The van der Waals surface area contributed by atoms with Crippen molar-refractivity contribution in [3.8, 4) is 0 Å². The quantitative estimate of drug-likeness (QED) is 0.826. The van der Waals surface area contributed by atoms with Crippen LogP contribution in [-0.4, -0.2) is 41.3 Å². The van der Waals surface area contributed by atoms with Crippen molar-refractivity contribution in [1.29, 1.82) is 0 Å². The van der Waals surface area contributed by atoms with Gasteiger partial charge in [0, 0.05) is 12.6 Å². The van der Waals surface area contributed by atoms with E-state index in [2.05, 4.69) is 11.8 Å². The van der Waals surface area contributed by atoms with E-state index < -0.39 is 5.60 Å². The maximum absolute atomic E-state index is 10.2. The van der Waals surface area contributed by atoms with Gasteiger partial charge in [-0.3, -0.25) is 4.90 Å². The first kappa shape index (κ1) is 15.3. The Labute approximate surface area is 118 Å². The summed E-state index contributed by atoms with van der Waals surface area (Å²) in [5.41, 5.74) is 5.55. The third kappa shape index (κ3) is 3.93. The Morgan fingerprint density at radius 3 is 2.74 bits per heavy atom. The number of rotatable bonds is 3. The van der Waals surface area contributed by atoms with Gasteiger partial charge >= 0.3 is 0 Å². The second-order valence-corrected chi connectivity index (χ2v) is 7.04. The van der Waals surface area contributed by atoms with E-state index in [0.717, 1.165) is 44.8 Å². The van der Waals surface area contributed by atoms with Crippen molar-refractivity contribution < 1.29 is 5.11 Å². The van der Waals surface area contributed by atoms with Gasteiger partial charge in [0.05, 0.1) is 5.60 Å². The zero-order chi connectivity index (χ0) is 13.9. The van der Waals surface area contributed by atoms with E-state index in [4.69, 9.17) is 5.73 Å². The van der Waals surface area contributed by atoms with Crippen LogP contribution in [0.25, 0.3) is 0 Å². The Morgan fingerprint density at radius 2 is 2.05 bits per heavy atom. The standard InChI is InChI=1S/C16H32N2O/c1-3-13-5-6-14(12-17)15(11-13)18-9-4-7-16(2,19)8-10-18/h13-15,19H,3-12,17H2,1-2H3. The van der Waals surface area contributed by atoms with Crippen LogP contribution in [-0.2, 0) is 0 Å². The molecule has 2 aliphatic rings. The minimum absolute atomic E-state index is 0.453. The highest BCUT2D eigenvalue weighted by Crippen LogP contribution is 2.35. The van der Waals surface area contributed by atoms with Crippen LogP contribution in [0.5, 0.6) is 0 Å². The third-order valence-electron chi connectivity index (χ3n) is 5.51. The van der Waals surface area contributed by atoms with Gasteiger partial charge < -0.3 is 10.8 Å². The van der Waals surface area contributed by atoms with Crippen molar-refractivity contribution in [3.05, 3.63) is 0 Å². The van der Waals surface area contributed by atoms with E-state index in [-0.39, 0.29) is 0 Å². The summed E-state index contributed by atoms with van der Waals surface area (Å²) >= 11 is 0. The SMILES string of the molecule is CCC1CCC(CN)C(N2CCCC(C)(O)CC2)C1. The summed E-state index contributed by atoms with van der Waals surface area (Å²) in [6.45, 7) is 7.33. The Kier molecular flexibility index (Phi) is 5.27. The van der Waals surface area contributed by atoms with Crippen molar-refractivity contribution in [1.82, 2.24) is 4.90 Å². The lowest BCUT2D eigenvalue weighted by atomic mass is 9.76. The summed E-state index contributed by atoms with van der Waals surface area (Å²) in [4.78, 5) is 2.64. The molecule has 2 rings (SSSR count). The fourth-order valence-corrected chi connectivity index (χ4v) is 4.00. The van der Waals surface area contributed by atoms with Crippen LogP contribution in [0.3, 0.4) is 0 Å². The molecule has 3 nitrogen and oxygen atoms in total. The maximum atomic E-state index is 10.2. The molecule has 4 unspecified atom stereocenters. The summed E-state index contributed by atoms with van der Waals surface area (Å²) in [6, 6.07) is 0.664. The number of hydrogen-bond donors (Lipinski definition) is 2. The number of nitrogens with two attached hydrogens (primary N) is 1. The third-order valence-corrected chi connectivity index (χ3v) is 5.51. The van der Waals surface area contributed by atoms with E-state index in [1.54, 1.807) is 0 Å². The van der Waals surface area contributed by atoms with E-state index in [9.17, 15) is 5.11 Å². The minimum atomic E-state index is -0.453. The molecule has 1 heterocycles. The van der Waals surface area contributed by atoms with Crippen LogP contribution < -0.4 is 5.73 Å². The molecule has 0 aromatic carbocycles. The first-order valence-electron chi connectivity index (χ1n) is 8.22. The van der Waals surface area contributed by atoms with Gasteiger partial charge in [-0.15, -0.1) is 0 Å². The van der Waals surface area contributed by atoms with Crippen molar-refractivity contribution in [2.24, 2.45) is 17.6 Å². The number of hydrogen-bond acceptors (Lipinski definition) is 3. The van der Waals surface area contributed by atoms with Crippen LogP contribution in [0.1, 0.15) is 58.8 Å². The molecule has 2 fully saturated rings. The highest BCUT2D eigenvalue weighted by atomic mass is 16.3. The zero-order valence-electron chi connectivity index (χ0n) is 12.8. The summed E-state index contributed by atoms with van der Waals surface area (Å²) in [5, 5.41) is 10.2. The van der Waals surface area contributed by atoms with Crippen LogP contribution in [0.2, 0.25) is 0 Å². The lowest BCUT2D eigenvalue weighted by molar-refractivity contribution is 0.0362. The van der Waals surface area contributed by atoms with Gasteiger partial charge in [-0.25, -0.2) is 0 Å². The average molecular weight is 268 g/mol. The largest absolute Gasteiger partial charge is 0.390 e. The van der Waals surface area contributed by atoms with E-state index in [0.29, 0.717) is 12.0 Å². The molecule has 0 amide bonds. The molecule has 0 aromatic heterocycles. The van der Waals surface area contributed by atoms with Crippen molar-refractivity contribution in [2.45, 2.75) is 70.4 Å². The first-order chi connectivity index (χ1) is 9.05. The van der Waals surface area contributed by atoms with E-state index >= 15 is 0 Å². The second-order valence-electron chi connectivity index (χ2n) is 7.04. The predicted molar refractivity (Wildman–Crippen MR) is 80.0 cm³/mol. The molecule has 3 N–H and O–H groups in total. The Hall–Kier alpha value is -0.120. The lowest BCUT2D eigenvalue weighted by Gasteiger charge is -2.42. The van der Waals surface area contributed by atoms with Gasteiger partial charge in [0.1, 0.15) is 0 Å². The zero-order valence-corrected chi connectivity index (χ0v) is 12.8. The minimum Gasteiger partial charge on any atom is -0.390 e. The van der Waals surface area contributed by atoms with Gasteiger partial charge in [-0.1, -0.05) is 19.8 Å². The highest BCUT2D eigenvalue weighted by molar-refractivity contribution is 4.90. The van der Waals surface area contributed by atoms with Crippen molar-refractivity contribution in [2.75, 3.05) is 19.6 Å². The lowest BCUT2D eigenvalue weighted by Crippen LogP contribution is -2.47. The summed E-state index contributed by atoms with van der Waals surface area (Å²) in [7, 11) is 0. The predicted octanol–water partition coefficient (Wildman–Crippen LogP) is 2.38. The van der Waals surface area contributed by atoms with Crippen LogP contribution in [0, 0.1) is 11.8 Å². The average Bonchev–Trinajstić information content (AvgIpc) is 2.59. The van der Waals surface area contributed by atoms with Crippen molar-refractivity contribution in [3.63, 3.8) is 0 Å². The molecule has 0 aromatic rings. The fraction of sp³-hybridized carbons (Fsp3) is 1.00. The molecule has 19 heavy (non-hydrogen) atoms. The molecule has 4 atom stereocenters. The molecule has 0 radical (unpaired) electrons. The molecule has 3 heteroatoms. The Morgan fingerprint density at radius 1 is 1.26 bits per heavy atom. The van der Waals surface area contributed by atoms with Gasteiger partial charge in [-0.05, 0) is 64.0 Å². The molecule has 1 saturated carbocycles. The van der Waals surface area contributed by atoms with Gasteiger partial charge in [0.2, 0.25) is 0 Å². The normalized spacial score (nSPS) is 42.0. The highest BCUT2D eigenvalue weighted by Gasteiger charge is 2.35. The van der Waals surface area contributed by atoms with E-state index in [1.165, 1.54) is 25.7 Å². The number of aliphatic hydroxyl groups is 1. The topological polar surface area (TPSA) is 49.5 Å². The number of likely N-dealkylation sites (tertiary alicyclic amines) is 1. The van der Waals surface area contributed by atoms with Gasteiger partial charge in [0.15, 0.2) is 0 Å². The Balaban J connectivity index is 2.00. The molecule has 1 saturated heterocycles. The smallest absolute Gasteiger partial charge is 0.0632 e. The molecule has 0 bridgehead atoms. The molecular formula is C16H32N2O. The summed E-state index contributed by atoms with van der Waals surface area (Å²) in [5.74, 6) is 1.56. The van der Waals surface area contributed by atoms with Gasteiger partial charge in [0.25, 0.3) is 0 Å². The van der Waals surface area contributed by atoms with Crippen LogP contribution in [0.15, 0.2) is 0 Å². The van der Waals surface area contributed by atoms with Gasteiger partial charge in [-0.2, -0.15) is 0 Å². The second kappa shape index (κ2) is 6.55. The molecular weight excluding hydrogens is 236 g/mol. The molecule has 112 valence electrons. The first-order valence-corrected chi connectivity index (χ1v) is 8.22.